The summed E-state index contributed by atoms with van der Waals surface area (Å²) in [4.78, 5) is 39.2. The standard InChI is InChI=1S/C47H56ClN8O8PS/c1-47(2)14-12-34(41(27-47)32-4-6-35(48)7-5-32)29-53-16-18-55(19-17-53)37-8-10-40(44(25-37)64-38-24-33-13-15-49-45(33)50-28-38)46(58)52-66(62,63)39-9-11-42(43(26-39)56(59)60)51-36(31-57)30-54-20-22-65(3,61)23-21-54/h4-11,13,15,24-26,28,36,51,57H,12,14,16-23,27,29-31H2,1-3H3,(H,49,50)(H,52,58). The average molecular weight is 960 g/mol. The number of hydrogen-bond donors (Lipinski definition) is 4. The van der Waals surface area contributed by atoms with Gasteiger partial charge in [-0.25, -0.2) is 18.1 Å². The Morgan fingerprint density at radius 2 is 1.76 bits per heavy atom. The van der Waals surface area contributed by atoms with E-state index in [4.69, 9.17) is 16.3 Å². The average Bonchev–Trinajstić information content (AvgIpc) is 3.76. The zero-order valence-corrected chi connectivity index (χ0v) is 39.8. The highest BCUT2D eigenvalue weighted by atomic mass is 35.5. The van der Waals surface area contributed by atoms with Crippen molar-refractivity contribution in [3.8, 4) is 11.5 Å². The number of nitrogens with one attached hydrogen (secondary N) is 3. The molecule has 1 amide bonds. The Balaban J connectivity index is 0.993. The van der Waals surface area contributed by atoms with Crippen molar-refractivity contribution in [3.05, 3.63) is 117 Å². The number of nitrogens with zero attached hydrogens (tertiary/aromatic N) is 5. The van der Waals surface area contributed by atoms with Gasteiger partial charge in [0.15, 0.2) is 0 Å². The van der Waals surface area contributed by atoms with Crippen LogP contribution in [0.5, 0.6) is 11.5 Å². The monoisotopic (exact) mass is 958 g/mol. The van der Waals surface area contributed by atoms with Crippen LogP contribution in [-0.4, -0.2) is 128 Å². The van der Waals surface area contributed by atoms with Gasteiger partial charge in [-0.15, -0.1) is 0 Å². The Hall–Kier alpha value is -5.29. The summed E-state index contributed by atoms with van der Waals surface area (Å²) in [6.07, 6.45) is 7.50. The molecule has 2 saturated heterocycles. The second-order valence-corrected chi connectivity index (χ2v) is 24.1. The van der Waals surface area contributed by atoms with Gasteiger partial charge in [0.05, 0.1) is 41.4 Å². The number of aliphatic hydroxyl groups excluding tert-OH is 1. The zero-order valence-electron chi connectivity index (χ0n) is 37.3. The number of hydrogen-bond acceptors (Lipinski definition) is 13. The number of allylic oxidation sites excluding steroid dienone is 1. The van der Waals surface area contributed by atoms with Crippen LogP contribution in [-0.2, 0) is 14.6 Å². The Bertz CT molecular complexity index is 2800. The number of sulfonamides is 1. The molecule has 19 heteroatoms. The Kier molecular flexibility index (Phi) is 14.0. The fourth-order valence-corrected chi connectivity index (χ4v) is 11.7. The molecule has 4 N–H and O–H groups in total. The zero-order chi connectivity index (χ0) is 46.8. The van der Waals surface area contributed by atoms with Crippen molar-refractivity contribution in [3.63, 3.8) is 0 Å². The number of ether oxygens (including phenoxy) is 1. The maximum Gasteiger partial charge on any atom is 0.293 e. The minimum atomic E-state index is -4.65. The van der Waals surface area contributed by atoms with Crippen LogP contribution in [0.3, 0.4) is 0 Å². The highest BCUT2D eigenvalue weighted by molar-refractivity contribution is 7.90. The summed E-state index contributed by atoms with van der Waals surface area (Å²) in [5.74, 6) is -0.578. The lowest BCUT2D eigenvalue weighted by Crippen LogP contribution is -2.47. The van der Waals surface area contributed by atoms with Gasteiger partial charge in [0, 0.05) is 99.1 Å². The van der Waals surface area contributed by atoms with Crippen molar-refractivity contribution in [1.82, 2.24) is 24.5 Å². The van der Waals surface area contributed by atoms with Gasteiger partial charge in [-0.3, -0.25) is 19.8 Å². The Morgan fingerprint density at radius 3 is 2.47 bits per heavy atom. The van der Waals surface area contributed by atoms with Crippen molar-refractivity contribution in [2.75, 3.05) is 88.2 Å². The number of amides is 1. The minimum absolute atomic E-state index is 0.000382. The summed E-state index contributed by atoms with van der Waals surface area (Å²) in [6.45, 7) is 11.4. The van der Waals surface area contributed by atoms with Gasteiger partial charge in [0.25, 0.3) is 21.6 Å². The fraction of sp³-hybridized carbons (Fsp3) is 0.404. The highest BCUT2D eigenvalue weighted by Crippen LogP contribution is 2.44. The molecule has 4 heterocycles. The summed E-state index contributed by atoms with van der Waals surface area (Å²) < 4.78 is 48.5. The summed E-state index contributed by atoms with van der Waals surface area (Å²) >= 11 is 6.24. The molecule has 1 unspecified atom stereocenters. The van der Waals surface area contributed by atoms with Gasteiger partial charge in [-0.2, -0.15) is 0 Å². The topological polar surface area (TPSA) is 203 Å². The number of aliphatic hydroxyl groups is 1. The van der Waals surface area contributed by atoms with Crippen LogP contribution in [0, 0.1) is 15.5 Å². The number of benzene rings is 3. The van der Waals surface area contributed by atoms with Crippen LogP contribution < -0.4 is 19.7 Å². The third-order valence-corrected chi connectivity index (χ3v) is 16.8. The predicted molar refractivity (Wildman–Crippen MR) is 259 cm³/mol. The highest BCUT2D eigenvalue weighted by Gasteiger charge is 2.31. The second-order valence-electron chi connectivity index (χ2n) is 18.5. The molecule has 5 aromatic rings. The smallest absolute Gasteiger partial charge is 0.293 e. The molecule has 8 rings (SSSR count). The molecule has 0 spiro atoms. The lowest BCUT2D eigenvalue weighted by atomic mass is 9.72. The van der Waals surface area contributed by atoms with E-state index in [1.54, 1.807) is 31.1 Å². The van der Waals surface area contributed by atoms with Gasteiger partial charge >= 0.3 is 0 Å². The van der Waals surface area contributed by atoms with Crippen LogP contribution in [0.1, 0.15) is 49.0 Å². The van der Waals surface area contributed by atoms with Gasteiger partial charge in [0.1, 0.15) is 22.8 Å². The van der Waals surface area contributed by atoms with Gasteiger partial charge in [0.2, 0.25) is 0 Å². The number of piperazine rings is 1. The molecule has 3 aliphatic rings. The molecule has 2 fully saturated rings. The van der Waals surface area contributed by atoms with Gasteiger partial charge < -0.3 is 34.5 Å². The Labute approximate surface area is 389 Å². The first-order valence-corrected chi connectivity index (χ1v) is 26.5. The van der Waals surface area contributed by atoms with Crippen molar-refractivity contribution in [2.45, 2.75) is 44.0 Å². The number of halogens is 1. The number of H-pyrrole nitrogens is 1. The van der Waals surface area contributed by atoms with Crippen molar-refractivity contribution < 1.29 is 32.5 Å². The lowest BCUT2D eigenvalue weighted by Gasteiger charge is -2.39. The van der Waals surface area contributed by atoms with E-state index in [1.807, 2.05) is 23.1 Å². The molecular formula is C47H56ClN8O8PS. The van der Waals surface area contributed by atoms with E-state index in [9.17, 15) is 33.0 Å². The number of nitro groups is 1. The van der Waals surface area contributed by atoms with E-state index in [0.29, 0.717) is 56.4 Å². The number of aromatic nitrogens is 2. The first-order valence-electron chi connectivity index (χ1n) is 22.1. The van der Waals surface area contributed by atoms with Crippen LogP contribution in [0.4, 0.5) is 17.1 Å². The number of anilines is 2. The van der Waals surface area contributed by atoms with Crippen molar-refractivity contribution in [2.24, 2.45) is 5.41 Å². The molecule has 2 aromatic heterocycles. The molecule has 0 bridgehead atoms. The number of rotatable bonds is 15. The maximum absolute atomic E-state index is 14.0. The summed E-state index contributed by atoms with van der Waals surface area (Å²) in [6, 6.07) is 19.4. The van der Waals surface area contributed by atoms with Crippen molar-refractivity contribution in [1.29, 1.82) is 0 Å². The first-order chi connectivity index (χ1) is 31.4. The SMILES string of the molecule is CC1(C)CCC(CN2CCN(c3ccc(C(=O)NS(=O)(=O)c4ccc(NC(CO)CN5CCP(C)(=O)CC5)c([N+](=O)[O-])c4)c(Oc4cnc5[nH]ccc5c4)c3)CC2)=C(c2ccc(Cl)cc2)C1. The van der Waals surface area contributed by atoms with E-state index in [0.717, 1.165) is 67.1 Å². The van der Waals surface area contributed by atoms with E-state index in [1.165, 1.54) is 35.0 Å². The van der Waals surface area contributed by atoms with Crippen LogP contribution in [0.15, 0.2) is 95.7 Å². The molecule has 350 valence electrons. The number of carbonyl (C=O) groups excluding carboxylic acids is 1. The summed E-state index contributed by atoms with van der Waals surface area (Å²) in [7, 11) is -6.84. The molecule has 66 heavy (non-hydrogen) atoms. The molecule has 16 nitrogen and oxygen atoms in total. The van der Waals surface area contributed by atoms with Crippen LogP contribution in [0.25, 0.3) is 16.6 Å². The van der Waals surface area contributed by atoms with Crippen LogP contribution in [0.2, 0.25) is 5.02 Å². The van der Waals surface area contributed by atoms with Crippen molar-refractivity contribution >= 4 is 68.3 Å². The molecule has 2 aliphatic heterocycles. The third-order valence-electron chi connectivity index (χ3n) is 12.9. The summed E-state index contributed by atoms with van der Waals surface area (Å²) in [5.41, 5.74) is 5.08. The second kappa shape index (κ2) is 19.5. The predicted octanol–water partition coefficient (Wildman–Crippen LogP) is 7.90. The quantitative estimate of drug-likeness (QED) is 0.0448. The number of fused-ring (bicyclic) bond motifs is 1. The first kappa shape index (κ1) is 47.2. The largest absolute Gasteiger partial charge is 0.455 e. The number of nitro benzene ring substituents is 1. The van der Waals surface area contributed by atoms with E-state index < -0.39 is 44.6 Å². The maximum atomic E-state index is 14.0. The number of pyridine rings is 1. The molecule has 0 saturated carbocycles. The van der Waals surface area contributed by atoms with E-state index in [2.05, 4.69) is 55.8 Å². The van der Waals surface area contributed by atoms with Gasteiger partial charge in [-0.1, -0.05) is 43.2 Å². The van der Waals surface area contributed by atoms with E-state index >= 15 is 0 Å². The number of aromatic amines is 1. The third kappa shape index (κ3) is 11.3. The van der Waals surface area contributed by atoms with E-state index in [-0.39, 0.29) is 29.0 Å². The summed E-state index contributed by atoms with van der Waals surface area (Å²) in [5, 5.41) is 26.9. The Morgan fingerprint density at radius 1 is 1.02 bits per heavy atom. The molecule has 3 aromatic carbocycles. The molecule has 1 atom stereocenters. The lowest BCUT2D eigenvalue weighted by molar-refractivity contribution is -0.384. The molecular weight excluding hydrogens is 903 g/mol. The van der Waals surface area contributed by atoms with Gasteiger partial charge in [-0.05, 0) is 91.0 Å². The van der Waals surface area contributed by atoms with Crippen LogP contribution >= 0.6 is 18.7 Å². The number of carbonyl (C=O) groups is 1. The molecule has 0 radical (unpaired) electrons. The molecule has 1 aliphatic carbocycles. The fourth-order valence-electron chi connectivity index (χ4n) is 8.96. The normalized spacial score (nSPS) is 18.5. The minimum Gasteiger partial charge on any atom is -0.455 e.